The quantitative estimate of drug-likeness (QED) is 0.677. The zero-order valence-corrected chi connectivity index (χ0v) is 9.84. The Kier molecular flexibility index (Phi) is 5.75. The van der Waals surface area contributed by atoms with E-state index < -0.39 is 0 Å². The van der Waals surface area contributed by atoms with Gasteiger partial charge in [0.1, 0.15) is 0 Å². The minimum atomic E-state index is 0.141. The Morgan fingerprint density at radius 2 is 2.07 bits per heavy atom. The van der Waals surface area contributed by atoms with Gasteiger partial charge in [0.15, 0.2) is 0 Å². The van der Waals surface area contributed by atoms with Crippen LogP contribution in [0.15, 0.2) is 0 Å². The molecule has 2 nitrogen and oxygen atoms in total. The normalized spacial score (nSPS) is 21.9. The van der Waals surface area contributed by atoms with Crippen molar-refractivity contribution in [1.29, 1.82) is 0 Å². The molecule has 1 aliphatic rings. The van der Waals surface area contributed by atoms with Crippen LogP contribution < -0.4 is 11.1 Å². The molecular formula is C13H24N2. The first kappa shape index (κ1) is 12.5. The van der Waals surface area contributed by atoms with E-state index in [1.165, 1.54) is 38.5 Å². The van der Waals surface area contributed by atoms with Crippen LogP contribution in [-0.2, 0) is 0 Å². The molecule has 0 saturated heterocycles. The zero-order valence-electron chi connectivity index (χ0n) is 9.84. The van der Waals surface area contributed by atoms with E-state index in [1.54, 1.807) is 0 Å². The summed E-state index contributed by atoms with van der Waals surface area (Å²) in [6.45, 7) is 2.71. The standard InChI is InChI=1S/C13H24N2/c1-3-11(2)15-13(10-14)9-12-7-5-4-6-8-12/h1,11-13,15H,4-10,14H2,2H3. The average Bonchev–Trinajstić information content (AvgIpc) is 2.29. The van der Waals surface area contributed by atoms with E-state index in [0.29, 0.717) is 12.6 Å². The molecule has 0 bridgehead atoms. The number of rotatable bonds is 5. The Morgan fingerprint density at radius 1 is 1.40 bits per heavy atom. The Bertz CT molecular complexity index is 201. The first-order valence-electron chi connectivity index (χ1n) is 6.18. The fraction of sp³-hybridized carbons (Fsp3) is 0.846. The second kappa shape index (κ2) is 6.87. The first-order chi connectivity index (χ1) is 7.26. The van der Waals surface area contributed by atoms with Gasteiger partial charge in [0.2, 0.25) is 0 Å². The van der Waals surface area contributed by atoms with Crippen LogP contribution in [0.4, 0.5) is 0 Å². The van der Waals surface area contributed by atoms with Crippen molar-refractivity contribution in [2.45, 2.75) is 57.5 Å². The van der Waals surface area contributed by atoms with Crippen LogP contribution in [-0.4, -0.2) is 18.6 Å². The highest BCUT2D eigenvalue weighted by atomic mass is 15.0. The van der Waals surface area contributed by atoms with Crippen LogP contribution in [0.25, 0.3) is 0 Å². The fourth-order valence-electron chi connectivity index (χ4n) is 2.46. The van der Waals surface area contributed by atoms with Gasteiger partial charge >= 0.3 is 0 Å². The number of nitrogens with two attached hydrogens (primary N) is 1. The van der Waals surface area contributed by atoms with Crippen molar-refractivity contribution in [3.8, 4) is 12.3 Å². The molecule has 15 heavy (non-hydrogen) atoms. The molecule has 0 heterocycles. The van der Waals surface area contributed by atoms with Crippen LogP contribution in [0.5, 0.6) is 0 Å². The molecule has 0 amide bonds. The van der Waals surface area contributed by atoms with E-state index in [9.17, 15) is 0 Å². The highest BCUT2D eigenvalue weighted by Crippen LogP contribution is 2.27. The maximum Gasteiger partial charge on any atom is 0.0660 e. The average molecular weight is 208 g/mol. The molecule has 0 aliphatic heterocycles. The van der Waals surface area contributed by atoms with Gasteiger partial charge in [-0.15, -0.1) is 6.42 Å². The van der Waals surface area contributed by atoms with Crippen LogP contribution in [0.3, 0.4) is 0 Å². The van der Waals surface area contributed by atoms with Gasteiger partial charge in [-0.3, -0.25) is 5.32 Å². The molecule has 86 valence electrons. The maximum atomic E-state index is 5.76. The molecule has 1 aliphatic carbocycles. The van der Waals surface area contributed by atoms with Crippen molar-refractivity contribution >= 4 is 0 Å². The third-order valence-electron chi connectivity index (χ3n) is 3.36. The molecule has 0 aromatic carbocycles. The molecule has 1 rings (SSSR count). The van der Waals surface area contributed by atoms with Crippen molar-refractivity contribution in [3.63, 3.8) is 0 Å². The molecule has 1 fully saturated rings. The Labute approximate surface area is 94.0 Å². The van der Waals surface area contributed by atoms with E-state index in [2.05, 4.69) is 11.2 Å². The van der Waals surface area contributed by atoms with Gasteiger partial charge in [-0.25, -0.2) is 0 Å². The molecule has 1 saturated carbocycles. The van der Waals surface area contributed by atoms with Crippen molar-refractivity contribution in [2.24, 2.45) is 11.7 Å². The Balaban J connectivity index is 2.29. The third-order valence-corrected chi connectivity index (χ3v) is 3.36. The summed E-state index contributed by atoms with van der Waals surface area (Å²) in [5.41, 5.74) is 5.76. The highest BCUT2D eigenvalue weighted by Gasteiger charge is 2.18. The predicted molar refractivity (Wildman–Crippen MR) is 65.5 cm³/mol. The molecule has 0 radical (unpaired) electrons. The second-order valence-electron chi connectivity index (χ2n) is 4.73. The molecule has 2 atom stereocenters. The van der Waals surface area contributed by atoms with Gasteiger partial charge in [-0.2, -0.15) is 0 Å². The van der Waals surface area contributed by atoms with E-state index in [-0.39, 0.29) is 6.04 Å². The summed E-state index contributed by atoms with van der Waals surface area (Å²) in [5.74, 6) is 3.57. The van der Waals surface area contributed by atoms with Crippen molar-refractivity contribution in [1.82, 2.24) is 5.32 Å². The minimum absolute atomic E-state index is 0.141. The lowest BCUT2D eigenvalue weighted by Crippen LogP contribution is -2.42. The molecule has 2 unspecified atom stereocenters. The SMILES string of the molecule is C#CC(C)NC(CN)CC1CCCCC1. The molecule has 0 spiro atoms. The smallest absolute Gasteiger partial charge is 0.0660 e. The summed E-state index contributed by atoms with van der Waals surface area (Å²) < 4.78 is 0. The number of hydrogen-bond donors (Lipinski definition) is 2. The highest BCUT2D eigenvalue weighted by molar-refractivity contribution is 4.97. The lowest BCUT2D eigenvalue weighted by Gasteiger charge is -2.27. The van der Waals surface area contributed by atoms with Gasteiger partial charge in [-0.1, -0.05) is 38.0 Å². The van der Waals surface area contributed by atoms with E-state index in [1.807, 2.05) is 6.92 Å². The Hall–Kier alpha value is -0.520. The summed E-state index contributed by atoms with van der Waals surface area (Å²) in [4.78, 5) is 0. The molecule has 0 aromatic heterocycles. The predicted octanol–water partition coefficient (Wildman–Crippen LogP) is 1.90. The summed E-state index contributed by atoms with van der Waals surface area (Å²) >= 11 is 0. The van der Waals surface area contributed by atoms with Crippen LogP contribution in [0.2, 0.25) is 0 Å². The van der Waals surface area contributed by atoms with Crippen LogP contribution in [0, 0.1) is 18.3 Å². The Morgan fingerprint density at radius 3 is 2.60 bits per heavy atom. The first-order valence-corrected chi connectivity index (χ1v) is 6.18. The molecule has 0 aromatic rings. The number of nitrogens with one attached hydrogen (secondary N) is 1. The zero-order chi connectivity index (χ0) is 11.1. The fourth-order valence-corrected chi connectivity index (χ4v) is 2.46. The lowest BCUT2D eigenvalue weighted by atomic mass is 9.84. The lowest BCUT2D eigenvalue weighted by molar-refractivity contribution is 0.296. The second-order valence-corrected chi connectivity index (χ2v) is 4.73. The van der Waals surface area contributed by atoms with Gasteiger partial charge < -0.3 is 5.73 Å². The topological polar surface area (TPSA) is 38.0 Å². The minimum Gasteiger partial charge on any atom is -0.329 e. The van der Waals surface area contributed by atoms with Crippen molar-refractivity contribution in [3.05, 3.63) is 0 Å². The summed E-state index contributed by atoms with van der Waals surface area (Å²) in [5, 5.41) is 3.40. The van der Waals surface area contributed by atoms with Gasteiger partial charge in [0, 0.05) is 12.6 Å². The molecule has 2 heteroatoms. The van der Waals surface area contributed by atoms with E-state index in [0.717, 1.165) is 5.92 Å². The monoisotopic (exact) mass is 208 g/mol. The van der Waals surface area contributed by atoms with Crippen LogP contribution in [0.1, 0.15) is 45.4 Å². The number of terminal acetylenes is 1. The largest absolute Gasteiger partial charge is 0.329 e. The van der Waals surface area contributed by atoms with Crippen molar-refractivity contribution < 1.29 is 0 Å². The van der Waals surface area contributed by atoms with E-state index >= 15 is 0 Å². The number of hydrogen-bond acceptors (Lipinski definition) is 2. The van der Waals surface area contributed by atoms with Gasteiger partial charge in [-0.05, 0) is 19.3 Å². The summed E-state index contributed by atoms with van der Waals surface area (Å²) in [7, 11) is 0. The maximum absolute atomic E-state index is 5.76. The summed E-state index contributed by atoms with van der Waals surface area (Å²) in [6, 6.07) is 0.543. The van der Waals surface area contributed by atoms with Gasteiger partial charge in [0.05, 0.1) is 6.04 Å². The van der Waals surface area contributed by atoms with Crippen LogP contribution >= 0.6 is 0 Å². The summed E-state index contributed by atoms with van der Waals surface area (Å²) in [6.07, 6.45) is 13.5. The van der Waals surface area contributed by atoms with Crippen molar-refractivity contribution in [2.75, 3.05) is 6.54 Å². The van der Waals surface area contributed by atoms with Gasteiger partial charge in [0.25, 0.3) is 0 Å². The third kappa shape index (κ3) is 4.68. The molecular weight excluding hydrogens is 184 g/mol. The molecule has 3 N–H and O–H groups in total. The van der Waals surface area contributed by atoms with E-state index in [4.69, 9.17) is 12.2 Å².